The van der Waals surface area contributed by atoms with Crippen LogP contribution in [0.3, 0.4) is 0 Å². The minimum atomic E-state index is -0.560. The SMILES string of the molecule is CC12CCC(C(=O)N(CC(=O)NCCc3ccccc3)C1=O)C2(C)C. The Hall–Kier alpha value is -2.17. The van der Waals surface area contributed by atoms with Crippen molar-refractivity contribution in [1.29, 1.82) is 0 Å². The molecule has 2 bridgehead atoms. The van der Waals surface area contributed by atoms with Gasteiger partial charge in [-0.2, -0.15) is 0 Å². The first kappa shape index (κ1) is 17.6. The minimum absolute atomic E-state index is 0.172. The molecule has 2 atom stereocenters. The Bertz CT molecular complexity index is 698. The maximum absolute atomic E-state index is 12.9. The van der Waals surface area contributed by atoms with E-state index in [1.165, 1.54) is 4.90 Å². The smallest absolute Gasteiger partial charge is 0.240 e. The summed E-state index contributed by atoms with van der Waals surface area (Å²) in [6, 6.07) is 9.88. The summed E-state index contributed by atoms with van der Waals surface area (Å²) in [5.74, 6) is -0.842. The summed E-state index contributed by atoms with van der Waals surface area (Å²) in [5.41, 5.74) is 0.234. The average molecular weight is 342 g/mol. The highest BCUT2D eigenvalue weighted by Crippen LogP contribution is 2.59. The van der Waals surface area contributed by atoms with Gasteiger partial charge in [-0.05, 0) is 30.2 Å². The van der Waals surface area contributed by atoms with Crippen LogP contribution in [0.5, 0.6) is 0 Å². The van der Waals surface area contributed by atoms with Gasteiger partial charge in [0, 0.05) is 12.5 Å². The quantitative estimate of drug-likeness (QED) is 0.834. The first-order valence-corrected chi connectivity index (χ1v) is 8.94. The molecule has 134 valence electrons. The molecular weight excluding hydrogens is 316 g/mol. The lowest BCUT2D eigenvalue weighted by molar-refractivity contribution is -0.169. The highest BCUT2D eigenvalue weighted by atomic mass is 16.2. The second-order valence-corrected chi connectivity index (χ2v) is 7.96. The zero-order valence-corrected chi connectivity index (χ0v) is 15.2. The van der Waals surface area contributed by atoms with Gasteiger partial charge in [-0.25, -0.2) is 0 Å². The van der Waals surface area contributed by atoms with Gasteiger partial charge in [0.2, 0.25) is 17.7 Å². The van der Waals surface area contributed by atoms with Crippen LogP contribution in [-0.2, 0) is 20.8 Å². The van der Waals surface area contributed by atoms with E-state index in [0.717, 1.165) is 18.4 Å². The molecule has 2 fully saturated rings. The van der Waals surface area contributed by atoms with Crippen molar-refractivity contribution in [2.75, 3.05) is 13.1 Å². The molecule has 1 heterocycles. The Balaban J connectivity index is 1.60. The summed E-state index contributed by atoms with van der Waals surface area (Å²) < 4.78 is 0. The van der Waals surface area contributed by atoms with E-state index in [-0.39, 0.29) is 35.6 Å². The molecule has 25 heavy (non-hydrogen) atoms. The van der Waals surface area contributed by atoms with E-state index in [9.17, 15) is 14.4 Å². The van der Waals surface area contributed by atoms with Gasteiger partial charge in [0.25, 0.3) is 0 Å². The predicted octanol–water partition coefficient (Wildman–Crippen LogP) is 2.16. The molecule has 3 amide bonds. The second kappa shape index (κ2) is 6.28. The standard InChI is InChI=1S/C20H26N2O3/c1-19(2)15-9-11-20(19,3)18(25)22(17(15)24)13-16(23)21-12-10-14-7-5-4-6-8-14/h4-8,15H,9-13H2,1-3H3,(H,21,23). The van der Waals surface area contributed by atoms with Crippen molar-refractivity contribution in [2.24, 2.45) is 16.7 Å². The second-order valence-electron chi connectivity index (χ2n) is 7.96. The Morgan fingerprint density at radius 3 is 2.56 bits per heavy atom. The highest BCUT2D eigenvalue weighted by molar-refractivity contribution is 6.06. The van der Waals surface area contributed by atoms with Crippen LogP contribution in [0.2, 0.25) is 0 Å². The van der Waals surface area contributed by atoms with Gasteiger partial charge in [-0.1, -0.05) is 51.1 Å². The first-order valence-electron chi connectivity index (χ1n) is 8.94. The molecular formula is C20H26N2O3. The summed E-state index contributed by atoms with van der Waals surface area (Å²) in [6.07, 6.45) is 2.16. The van der Waals surface area contributed by atoms with Crippen LogP contribution in [0.15, 0.2) is 30.3 Å². The first-order chi connectivity index (χ1) is 11.8. The third-order valence-corrected chi connectivity index (χ3v) is 6.39. The molecule has 5 nitrogen and oxygen atoms in total. The van der Waals surface area contributed by atoms with Gasteiger partial charge in [-0.15, -0.1) is 0 Å². The Morgan fingerprint density at radius 1 is 1.20 bits per heavy atom. The molecule has 1 saturated carbocycles. The molecule has 1 aromatic rings. The van der Waals surface area contributed by atoms with E-state index in [4.69, 9.17) is 0 Å². The summed E-state index contributed by atoms with van der Waals surface area (Å²) in [4.78, 5) is 39.0. The Kier molecular flexibility index (Phi) is 4.43. The van der Waals surface area contributed by atoms with E-state index in [1.807, 2.05) is 51.1 Å². The van der Waals surface area contributed by atoms with Crippen molar-refractivity contribution in [3.8, 4) is 0 Å². The topological polar surface area (TPSA) is 66.5 Å². The summed E-state index contributed by atoms with van der Waals surface area (Å²) in [7, 11) is 0. The summed E-state index contributed by atoms with van der Waals surface area (Å²) in [5, 5.41) is 2.82. The van der Waals surface area contributed by atoms with Crippen molar-refractivity contribution in [1.82, 2.24) is 10.2 Å². The van der Waals surface area contributed by atoms with E-state index in [0.29, 0.717) is 13.0 Å². The van der Waals surface area contributed by atoms with E-state index < -0.39 is 5.41 Å². The van der Waals surface area contributed by atoms with Gasteiger partial charge in [-0.3, -0.25) is 19.3 Å². The van der Waals surface area contributed by atoms with Crippen molar-refractivity contribution in [3.63, 3.8) is 0 Å². The third-order valence-electron chi connectivity index (χ3n) is 6.39. The van der Waals surface area contributed by atoms with Crippen molar-refractivity contribution >= 4 is 17.7 Å². The van der Waals surface area contributed by atoms with Crippen LogP contribution >= 0.6 is 0 Å². The molecule has 5 heteroatoms. The van der Waals surface area contributed by atoms with E-state index >= 15 is 0 Å². The molecule has 3 rings (SSSR count). The molecule has 0 radical (unpaired) electrons. The van der Waals surface area contributed by atoms with E-state index in [1.54, 1.807) is 0 Å². The normalized spacial score (nSPS) is 27.5. The number of amides is 3. The molecule has 1 N–H and O–H groups in total. The number of likely N-dealkylation sites (tertiary alicyclic amines) is 1. The maximum Gasteiger partial charge on any atom is 0.240 e. The lowest BCUT2D eigenvalue weighted by Crippen LogP contribution is -2.60. The number of fused-ring (bicyclic) bond motifs is 2. The number of hydrogen-bond acceptors (Lipinski definition) is 3. The highest BCUT2D eigenvalue weighted by Gasteiger charge is 2.64. The molecule has 1 aliphatic carbocycles. The monoisotopic (exact) mass is 342 g/mol. The molecule has 1 aromatic carbocycles. The molecule has 0 aromatic heterocycles. The minimum Gasteiger partial charge on any atom is -0.354 e. The maximum atomic E-state index is 12.9. The number of hydrogen-bond donors (Lipinski definition) is 1. The largest absolute Gasteiger partial charge is 0.354 e. The molecule has 2 unspecified atom stereocenters. The number of benzene rings is 1. The third kappa shape index (κ3) is 2.86. The zero-order valence-electron chi connectivity index (χ0n) is 15.2. The fourth-order valence-electron chi connectivity index (χ4n) is 4.24. The lowest BCUT2D eigenvalue weighted by Gasteiger charge is -2.47. The van der Waals surface area contributed by atoms with Crippen LogP contribution in [-0.4, -0.2) is 35.7 Å². The molecule has 2 aliphatic rings. The summed E-state index contributed by atoms with van der Waals surface area (Å²) >= 11 is 0. The van der Waals surface area contributed by atoms with Crippen molar-refractivity contribution in [3.05, 3.63) is 35.9 Å². The van der Waals surface area contributed by atoms with Crippen LogP contribution in [0, 0.1) is 16.7 Å². The Labute approximate surface area is 148 Å². The molecule has 1 aliphatic heterocycles. The van der Waals surface area contributed by atoms with Crippen molar-refractivity contribution in [2.45, 2.75) is 40.0 Å². The zero-order chi connectivity index (χ0) is 18.2. The number of nitrogens with one attached hydrogen (secondary N) is 1. The van der Waals surface area contributed by atoms with Gasteiger partial charge in [0.05, 0.1) is 5.41 Å². The number of imide groups is 1. The lowest BCUT2D eigenvalue weighted by atomic mass is 9.62. The van der Waals surface area contributed by atoms with Gasteiger partial charge in [0.1, 0.15) is 6.54 Å². The fraction of sp³-hybridized carbons (Fsp3) is 0.550. The number of nitrogens with zero attached hydrogens (tertiary/aromatic N) is 1. The van der Waals surface area contributed by atoms with Crippen LogP contribution in [0.25, 0.3) is 0 Å². The number of carbonyl (C=O) groups excluding carboxylic acids is 3. The van der Waals surface area contributed by atoms with E-state index in [2.05, 4.69) is 5.32 Å². The van der Waals surface area contributed by atoms with Crippen LogP contribution in [0.4, 0.5) is 0 Å². The van der Waals surface area contributed by atoms with Gasteiger partial charge < -0.3 is 5.32 Å². The van der Waals surface area contributed by atoms with Gasteiger partial charge >= 0.3 is 0 Å². The molecule has 1 saturated heterocycles. The number of piperidine rings is 1. The predicted molar refractivity (Wildman–Crippen MR) is 94.5 cm³/mol. The van der Waals surface area contributed by atoms with Crippen LogP contribution < -0.4 is 5.32 Å². The fourth-order valence-corrected chi connectivity index (χ4v) is 4.24. The molecule has 0 spiro atoms. The van der Waals surface area contributed by atoms with Gasteiger partial charge in [0.15, 0.2) is 0 Å². The van der Waals surface area contributed by atoms with Crippen LogP contribution in [0.1, 0.15) is 39.2 Å². The number of rotatable bonds is 5. The Morgan fingerprint density at radius 2 is 1.88 bits per heavy atom. The number of carbonyl (C=O) groups is 3. The van der Waals surface area contributed by atoms with Crippen molar-refractivity contribution < 1.29 is 14.4 Å². The summed E-state index contributed by atoms with van der Waals surface area (Å²) in [6.45, 7) is 6.25. The average Bonchev–Trinajstić information content (AvgIpc) is 2.77.